The first-order chi connectivity index (χ1) is 7.56. The first-order valence-electron chi connectivity index (χ1n) is 5.36. The third-order valence-electron chi connectivity index (χ3n) is 3.54. The number of fused-ring (bicyclic) bond motifs is 1. The van der Waals surface area contributed by atoms with Gasteiger partial charge < -0.3 is 19.7 Å². The first kappa shape index (κ1) is 11.4. The van der Waals surface area contributed by atoms with Crippen molar-refractivity contribution < 1.29 is 24.5 Å². The van der Waals surface area contributed by atoms with Crippen molar-refractivity contribution in [3.63, 3.8) is 0 Å². The number of esters is 1. The van der Waals surface area contributed by atoms with E-state index in [-0.39, 0.29) is 17.8 Å². The lowest BCUT2D eigenvalue weighted by Gasteiger charge is -2.32. The molecule has 5 nitrogen and oxygen atoms in total. The highest BCUT2D eigenvalue weighted by atomic mass is 16.6. The monoisotopic (exact) mass is 228 g/mol. The molecule has 5 atom stereocenters. The number of carbonyl (C=O) groups excluding carboxylic acids is 1. The van der Waals surface area contributed by atoms with E-state index in [0.29, 0.717) is 12.0 Å². The molecule has 2 N–H and O–H groups in total. The molecular weight excluding hydrogens is 212 g/mol. The van der Waals surface area contributed by atoms with Gasteiger partial charge in [0, 0.05) is 11.8 Å². The van der Waals surface area contributed by atoms with Crippen LogP contribution in [0, 0.1) is 17.8 Å². The van der Waals surface area contributed by atoms with Crippen molar-refractivity contribution in [3.05, 3.63) is 11.8 Å². The zero-order valence-corrected chi connectivity index (χ0v) is 9.29. The van der Waals surface area contributed by atoms with Gasteiger partial charge in [0.15, 0.2) is 6.29 Å². The Morgan fingerprint density at radius 2 is 2.25 bits per heavy atom. The number of rotatable bonds is 1. The maximum Gasteiger partial charge on any atom is 0.337 e. The molecule has 5 heteroatoms. The van der Waals surface area contributed by atoms with Gasteiger partial charge in [-0.1, -0.05) is 6.92 Å². The fraction of sp³-hybridized carbons (Fsp3) is 0.727. The summed E-state index contributed by atoms with van der Waals surface area (Å²) in [7, 11) is 1.29. The molecule has 0 aromatic carbocycles. The van der Waals surface area contributed by atoms with Crippen molar-refractivity contribution in [2.75, 3.05) is 7.11 Å². The van der Waals surface area contributed by atoms with E-state index in [1.807, 2.05) is 6.92 Å². The van der Waals surface area contributed by atoms with Gasteiger partial charge in [-0.05, 0) is 12.3 Å². The van der Waals surface area contributed by atoms with Crippen LogP contribution in [0.3, 0.4) is 0 Å². The van der Waals surface area contributed by atoms with Gasteiger partial charge in [0.2, 0.25) is 0 Å². The summed E-state index contributed by atoms with van der Waals surface area (Å²) >= 11 is 0. The Kier molecular flexibility index (Phi) is 2.90. The minimum atomic E-state index is -0.953. The minimum absolute atomic E-state index is 0.114. The Hall–Kier alpha value is -1.07. The summed E-state index contributed by atoms with van der Waals surface area (Å²) in [6.45, 7) is 1.93. The SMILES string of the molecule is COC(=O)C1=CO[C@@H](O)[C@H]2[C@@H]1[C@H](O)C[C@@H]2C. The Bertz CT molecular complexity index is 324. The van der Waals surface area contributed by atoms with Crippen LogP contribution in [0.4, 0.5) is 0 Å². The fourth-order valence-electron chi connectivity index (χ4n) is 2.78. The van der Waals surface area contributed by atoms with E-state index in [4.69, 9.17) is 4.74 Å². The molecule has 1 heterocycles. The zero-order valence-electron chi connectivity index (χ0n) is 9.29. The highest BCUT2D eigenvalue weighted by Gasteiger charge is 2.50. The van der Waals surface area contributed by atoms with Crippen LogP contribution in [0.15, 0.2) is 11.8 Å². The maximum atomic E-state index is 11.5. The highest BCUT2D eigenvalue weighted by Crippen LogP contribution is 2.45. The van der Waals surface area contributed by atoms with Crippen molar-refractivity contribution in [1.82, 2.24) is 0 Å². The molecule has 1 saturated carbocycles. The van der Waals surface area contributed by atoms with Crippen LogP contribution in [0.25, 0.3) is 0 Å². The van der Waals surface area contributed by atoms with E-state index in [1.54, 1.807) is 0 Å². The molecule has 1 aliphatic carbocycles. The molecule has 90 valence electrons. The Morgan fingerprint density at radius 1 is 1.56 bits per heavy atom. The number of aliphatic hydroxyl groups excluding tert-OH is 2. The molecule has 0 spiro atoms. The summed E-state index contributed by atoms with van der Waals surface area (Å²) in [5.74, 6) is -1.02. The molecule has 1 fully saturated rings. The minimum Gasteiger partial charge on any atom is -0.472 e. The van der Waals surface area contributed by atoms with Crippen LogP contribution in [-0.2, 0) is 14.3 Å². The van der Waals surface area contributed by atoms with E-state index in [2.05, 4.69) is 4.74 Å². The molecule has 2 rings (SSSR count). The van der Waals surface area contributed by atoms with Crippen molar-refractivity contribution >= 4 is 5.97 Å². The van der Waals surface area contributed by atoms with Crippen LogP contribution in [-0.4, -0.2) is 35.7 Å². The number of ether oxygens (including phenoxy) is 2. The predicted molar refractivity (Wildman–Crippen MR) is 54.0 cm³/mol. The molecule has 0 bridgehead atoms. The van der Waals surface area contributed by atoms with Gasteiger partial charge in [-0.3, -0.25) is 0 Å². The molecule has 0 amide bonds. The van der Waals surface area contributed by atoms with Gasteiger partial charge in [0.1, 0.15) is 0 Å². The Labute approximate surface area is 93.7 Å². The van der Waals surface area contributed by atoms with Gasteiger partial charge >= 0.3 is 5.97 Å². The molecular formula is C11H16O5. The Balaban J connectivity index is 2.31. The maximum absolute atomic E-state index is 11.5. The lowest BCUT2D eigenvalue weighted by Crippen LogP contribution is -2.38. The van der Waals surface area contributed by atoms with Gasteiger partial charge in [0.25, 0.3) is 0 Å². The average Bonchev–Trinajstić information content (AvgIpc) is 2.55. The summed E-state index contributed by atoms with van der Waals surface area (Å²) in [4.78, 5) is 11.5. The summed E-state index contributed by atoms with van der Waals surface area (Å²) < 4.78 is 9.66. The molecule has 0 saturated heterocycles. The van der Waals surface area contributed by atoms with Crippen LogP contribution < -0.4 is 0 Å². The lowest BCUT2D eigenvalue weighted by molar-refractivity contribution is -0.147. The van der Waals surface area contributed by atoms with E-state index in [9.17, 15) is 15.0 Å². The topological polar surface area (TPSA) is 76.0 Å². The average molecular weight is 228 g/mol. The van der Waals surface area contributed by atoms with Crippen molar-refractivity contribution in [3.8, 4) is 0 Å². The standard InChI is InChI=1S/C11H16O5/c1-5-3-7(12)9-6(10(13)15-2)4-16-11(14)8(5)9/h4-5,7-9,11-12,14H,3H2,1-2H3/t5-,7+,8+,9-,11+/m0/s1. The summed E-state index contributed by atoms with van der Waals surface area (Å²) in [5, 5.41) is 19.6. The Morgan fingerprint density at radius 3 is 2.88 bits per heavy atom. The lowest BCUT2D eigenvalue weighted by atomic mass is 9.83. The predicted octanol–water partition coefficient (Wildman–Crippen LogP) is 0.0250. The second kappa shape index (κ2) is 4.07. The summed E-state index contributed by atoms with van der Waals surface area (Å²) in [6.07, 6.45) is 0.192. The molecule has 0 aromatic rings. The molecule has 1 aliphatic heterocycles. The molecule has 0 unspecified atom stereocenters. The van der Waals surface area contributed by atoms with Crippen LogP contribution in [0.5, 0.6) is 0 Å². The number of aliphatic hydroxyl groups is 2. The van der Waals surface area contributed by atoms with Crippen molar-refractivity contribution in [2.45, 2.75) is 25.7 Å². The van der Waals surface area contributed by atoms with Gasteiger partial charge in [-0.25, -0.2) is 4.79 Å². The largest absolute Gasteiger partial charge is 0.472 e. The quantitative estimate of drug-likeness (QED) is 0.619. The zero-order chi connectivity index (χ0) is 11.9. The van der Waals surface area contributed by atoms with Crippen molar-refractivity contribution in [1.29, 1.82) is 0 Å². The number of hydrogen-bond acceptors (Lipinski definition) is 5. The van der Waals surface area contributed by atoms with E-state index in [1.165, 1.54) is 13.4 Å². The molecule has 0 radical (unpaired) electrons. The number of methoxy groups -OCH3 is 1. The van der Waals surface area contributed by atoms with Gasteiger partial charge in [0.05, 0.1) is 25.0 Å². The first-order valence-corrected chi connectivity index (χ1v) is 5.36. The molecule has 16 heavy (non-hydrogen) atoms. The van der Waals surface area contributed by atoms with Crippen molar-refractivity contribution in [2.24, 2.45) is 17.8 Å². The van der Waals surface area contributed by atoms with Crippen LogP contribution in [0.2, 0.25) is 0 Å². The molecule has 0 aromatic heterocycles. The third-order valence-corrected chi connectivity index (χ3v) is 3.54. The second-order valence-corrected chi connectivity index (χ2v) is 4.47. The smallest absolute Gasteiger partial charge is 0.337 e. The van der Waals surface area contributed by atoms with Gasteiger partial charge in [-0.15, -0.1) is 0 Å². The summed E-state index contributed by atoms with van der Waals surface area (Å²) in [6, 6.07) is 0. The highest BCUT2D eigenvalue weighted by molar-refractivity contribution is 5.89. The van der Waals surface area contributed by atoms with E-state index < -0.39 is 18.4 Å². The number of hydrogen-bond donors (Lipinski definition) is 2. The second-order valence-electron chi connectivity index (χ2n) is 4.47. The van der Waals surface area contributed by atoms with Crippen LogP contribution in [0.1, 0.15) is 13.3 Å². The van der Waals surface area contributed by atoms with Gasteiger partial charge in [-0.2, -0.15) is 0 Å². The van der Waals surface area contributed by atoms with E-state index >= 15 is 0 Å². The molecule has 2 aliphatic rings. The van der Waals surface area contributed by atoms with Crippen LogP contribution >= 0.6 is 0 Å². The third kappa shape index (κ3) is 1.60. The normalized spacial score (nSPS) is 42.0. The summed E-state index contributed by atoms with van der Waals surface area (Å²) in [5.41, 5.74) is 0.314. The fourth-order valence-corrected chi connectivity index (χ4v) is 2.78. The number of carbonyl (C=O) groups is 1. The van der Waals surface area contributed by atoms with E-state index in [0.717, 1.165) is 0 Å².